The van der Waals surface area contributed by atoms with Gasteiger partial charge < -0.3 is 5.11 Å². The molecular formula is C14H12O2. The molecule has 0 spiro atoms. The molecule has 0 aliphatic carbocycles. The van der Waals surface area contributed by atoms with Crippen LogP contribution in [0.5, 0.6) is 0 Å². The molecule has 0 bridgehead atoms. The van der Waals surface area contributed by atoms with Gasteiger partial charge in [-0.2, -0.15) is 0 Å². The third-order valence-corrected chi connectivity index (χ3v) is 2.61. The Kier molecular flexibility index (Phi) is 2.73. The number of hydrogen-bond acceptors (Lipinski definition) is 1. The lowest BCUT2D eigenvalue weighted by Gasteiger charge is -2.07. The molecule has 80 valence electrons. The molecule has 0 atom stereocenters. The molecule has 0 aromatic heterocycles. The Balaban J connectivity index is 2.76. The molecule has 0 aliphatic heterocycles. The van der Waals surface area contributed by atoms with E-state index in [1.807, 2.05) is 36.4 Å². The summed E-state index contributed by atoms with van der Waals surface area (Å²) < 4.78 is 0. The Morgan fingerprint density at radius 2 is 1.88 bits per heavy atom. The lowest BCUT2D eigenvalue weighted by atomic mass is 9.98. The third-order valence-electron chi connectivity index (χ3n) is 2.61. The number of aromatic carboxylic acids is 1. The standard InChI is InChI=1S/C14H12O2/c1-2-5-10-8-9-13(14(15)16)12-7-4-3-6-11(10)12/h2-4,6-9H,1,5H2,(H,15,16). The van der Waals surface area contributed by atoms with Crippen molar-refractivity contribution < 1.29 is 9.90 Å². The van der Waals surface area contributed by atoms with Crippen LogP contribution in [0.2, 0.25) is 0 Å². The van der Waals surface area contributed by atoms with Gasteiger partial charge in [0.2, 0.25) is 0 Å². The minimum absolute atomic E-state index is 0.350. The minimum Gasteiger partial charge on any atom is -0.478 e. The highest BCUT2D eigenvalue weighted by atomic mass is 16.4. The van der Waals surface area contributed by atoms with E-state index in [9.17, 15) is 4.79 Å². The van der Waals surface area contributed by atoms with E-state index in [1.165, 1.54) is 0 Å². The molecule has 2 aromatic carbocycles. The van der Waals surface area contributed by atoms with Gasteiger partial charge in [-0.3, -0.25) is 0 Å². The third kappa shape index (κ3) is 1.70. The van der Waals surface area contributed by atoms with Crippen molar-refractivity contribution in [1.82, 2.24) is 0 Å². The largest absolute Gasteiger partial charge is 0.478 e. The predicted molar refractivity (Wildman–Crippen MR) is 64.8 cm³/mol. The van der Waals surface area contributed by atoms with Crippen molar-refractivity contribution in [1.29, 1.82) is 0 Å². The van der Waals surface area contributed by atoms with Crippen molar-refractivity contribution >= 4 is 16.7 Å². The van der Waals surface area contributed by atoms with Crippen LogP contribution < -0.4 is 0 Å². The van der Waals surface area contributed by atoms with E-state index in [2.05, 4.69) is 6.58 Å². The zero-order valence-corrected chi connectivity index (χ0v) is 8.81. The second-order valence-corrected chi connectivity index (χ2v) is 3.62. The van der Waals surface area contributed by atoms with Crippen LogP contribution >= 0.6 is 0 Å². The Bertz CT molecular complexity index is 556. The molecule has 2 rings (SSSR count). The highest BCUT2D eigenvalue weighted by Gasteiger charge is 2.09. The van der Waals surface area contributed by atoms with Crippen molar-refractivity contribution in [2.24, 2.45) is 0 Å². The first-order chi connectivity index (χ1) is 7.74. The van der Waals surface area contributed by atoms with Gasteiger partial charge in [-0.1, -0.05) is 36.4 Å². The number of benzene rings is 2. The quantitative estimate of drug-likeness (QED) is 0.793. The molecule has 0 heterocycles. The molecule has 2 aromatic rings. The van der Waals surface area contributed by atoms with E-state index in [0.717, 1.165) is 22.8 Å². The molecule has 2 heteroatoms. The zero-order valence-electron chi connectivity index (χ0n) is 8.81. The Hall–Kier alpha value is -2.09. The maximum atomic E-state index is 11.1. The van der Waals surface area contributed by atoms with Crippen LogP contribution in [0.25, 0.3) is 10.8 Å². The summed E-state index contributed by atoms with van der Waals surface area (Å²) in [6, 6.07) is 11.1. The summed E-state index contributed by atoms with van der Waals surface area (Å²) >= 11 is 0. The van der Waals surface area contributed by atoms with E-state index >= 15 is 0 Å². The van der Waals surface area contributed by atoms with Crippen molar-refractivity contribution in [2.75, 3.05) is 0 Å². The van der Waals surface area contributed by atoms with Crippen LogP contribution in [0, 0.1) is 0 Å². The van der Waals surface area contributed by atoms with E-state index in [0.29, 0.717) is 5.56 Å². The maximum Gasteiger partial charge on any atom is 0.336 e. The highest BCUT2D eigenvalue weighted by molar-refractivity contribution is 6.04. The monoisotopic (exact) mass is 212 g/mol. The molecule has 1 N–H and O–H groups in total. The normalized spacial score (nSPS) is 10.2. The molecular weight excluding hydrogens is 200 g/mol. The minimum atomic E-state index is -0.888. The first-order valence-electron chi connectivity index (χ1n) is 5.09. The van der Waals surface area contributed by atoms with Crippen molar-refractivity contribution in [2.45, 2.75) is 6.42 Å². The number of carboxylic acid groups (broad SMARTS) is 1. The van der Waals surface area contributed by atoms with Crippen LogP contribution in [-0.4, -0.2) is 11.1 Å². The molecule has 0 radical (unpaired) electrons. The summed E-state index contributed by atoms with van der Waals surface area (Å²) in [5.74, 6) is -0.888. The molecule has 0 aliphatic rings. The highest BCUT2D eigenvalue weighted by Crippen LogP contribution is 2.23. The number of allylic oxidation sites excluding steroid dienone is 1. The predicted octanol–water partition coefficient (Wildman–Crippen LogP) is 3.27. The van der Waals surface area contributed by atoms with Crippen molar-refractivity contribution in [3.05, 3.63) is 60.2 Å². The maximum absolute atomic E-state index is 11.1. The molecule has 2 nitrogen and oxygen atoms in total. The molecule has 0 saturated carbocycles. The fourth-order valence-electron chi connectivity index (χ4n) is 1.88. The molecule has 0 saturated heterocycles. The Labute approximate surface area is 93.8 Å². The number of carboxylic acids is 1. The SMILES string of the molecule is C=CCc1ccc(C(=O)O)c2ccccc12. The summed E-state index contributed by atoms with van der Waals surface area (Å²) in [4.78, 5) is 11.1. The van der Waals surface area contributed by atoms with Gasteiger partial charge in [-0.05, 0) is 28.8 Å². The van der Waals surface area contributed by atoms with Crippen molar-refractivity contribution in [3.63, 3.8) is 0 Å². The van der Waals surface area contributed by atoms with Gasteiger partial charge in [0, 0.05) is 0 Å². The van der Waals surface area contributed by atoms with Crippen LogP contribution in [-0.2, 0) is 6.42 Å². The lowest BCUT2D eigenvalue weighted by Crippen LogP contribution is -1.98. The van der Waals surface area contributed by atoms with Crippen LogP contribution in [0.3, 0.4) is 0 Å². The van der Waals surface area contributed by atoms with Crippen LogP contribution in [0.1, 0.15) is 15.9 Å². The average molecular weight is 212 g/mol. The first-order valence-corrected chi connectivity index (χ1v) is 5.09. The topological polar surface area (TPSA) is 37.3 Å². The average Bonchev–Trinajstić information content (AvgIpc) is 2.29. The molecule has 0 unspecified atom stereocenters. The van der Waals surface area contributed by atoms with Gasteiger partial charge in [-0.25, -0.2) is 4.79 Å². The number of carbonyl (C=O) groups is 1. The summed E-state index contributed by atoms with van der Waals surface area (Å²) in [5.41, 5.74) is 1.46. The summed E-state index contributed by atoms with van der Waals surface area (Å²) in [7, 11) is 0. The van der Waals surface area contributed by atoms with E-state index in [4.69, 9.17) is 5.11 Å². The van der Waals surface area contributed by atoms with E-state index in [-0.39, 0.29) is 0 Å². The smallest absolute Gasteiger partial charge is 0.336 e. The zero-order chi connectivity index (χ0) is 11.5. The lowest BCUT2D eigenvalue weighted by molar-refractivity contribution is 0.0699. The second kappa shape index (κ2) is 4.19. The fraction of sp³-hybridized carbons (Fsp3) is 0.0714. The Morgan fingerprint density at radius 3 is 2.50 bits per heavy atom. The van der Waals surface area contributed by atoms with E-state index in [1.54, 1.807) is 6.07 Å². The number of fused-ring (bicyclic) bond motifs is 1. The van der Waals surface area contributed by atoms with Gasteiger partial charge in [-0.15, -0.1) is 6.58 Å². The van der Waals surface area contributed by atoms with Gasteiger partial charge in [0.25, 0.3) is 0 Å². The summed E-state index contributed by atoms with van der Waals surface area (Å²) in [6.07, 6.45) is 2.57. The van der Waals surface area contributed by atoms with Gasteiger partial charge in [0.15, 0.2) is 0 Å². The molecule has 16 heavy (non-hydrogen) atoms. The second-order valence-electron chi connectivity index (χ2n) is 3.62. The molecule has 0 amide bonds. The van der Waals surface area contributed by atoms with Crippen LogP contribution in [0.4, 0.5) is 0 Å². The number of hydrogen-bond donors (Lipinski definition) is 1. The summed E-state index contributed by atoms with van der Waals surface area (Å²) in [6.45, 7) is 3.70. The van der Waals surface area contributed by atoms with Crippen molar-refractivity contribution in [3.8, 4) is 0 Å². The van der Waals surface area contributed by atoms with Crippen LogP contribution in [0.15, 0.2) is 49.1 Å². The first kappa shape index (κ1) is 10.4. The van der Waals surface area contributed by atoms with Gasteiger partial charge >= 0.3 is 5.97 Å². The van der Waals surface area contributed by atoms with Gasteiger partial charge in [0.1, 0.15) is 0 Å². The Morgan fingerprint density at radius 1 is 1.19 bits per heavy atom. The summed E-state index contributed by atoms with van der Waals surface area (Å²) in [5, 5.41) is 10.9. The van der Waals surface area contributed by atoms with Gasteiger partial charge in [0.05, 0.1) is 5.56 Å². The molecule has 0 fully saturated rings. The fourth-order valence-corrected chi connectivity index (χ4v) is 1.88. The van der Waals surface area contributed by atoms with E-state index < -0.39 is 5.97 Å². The number of rotatable bonds is 3.